The first-order valence-corrected chi connectivity index (χ1v) is 4.71. The average Bonchev–Trinajstić information content (AvgIpc) is 2.13. The average molecular weight is 208 g/mol. The van der Waals surface area contributed by atoms with Gasteiger partial charge in [0.1, 0.15) is 6.10 Å². The summed E-state index contributed by atoms with van der Waals surface area (Å²) in [5, 5.41) is 0. The van der Waals surface area contributed by atoms with Crippen molar-refractivity contribution < 1.29 is 14.3 Å². The highest BCUT2D eigenvalue weighted by molar-refractivity contribution is 5.76. The molecule has 1 aromatic heterocycles. The zero-order valence-electron chi connectivity index (χ0n) is 8.18. The molecule has 2 rings (SSSR count). The lowest BCUT2D eigenvalue weighted by atomic mass is 10.2. The number of rotatable bonds is 4. The molecule has 2 N–H and O–H groups in total. The summed E-state index contributed by atoms with van der Waals surface area (Å²) in [5.74, 6) is 0.189. The van der Waals surface area contributed by atoms with E-state index in [0.29, 0.717) is 19.1 Å². The number of aromatic nitrogens is 1. The number of nitrogens with two attached hydrogens (primary N) is 1. The molecule has 1 aliphatic rings. The molecule has 1 aliphatic heterocycles. The van der Waals surface area contributed by atoms with Crippen LogP contribution in [0.3, 0.4) is 0 Å². The second-order valence-electron chi connectivity index (χ2n) is 3.43. The highest BCUT2D eigenvalue weighted by Crippen LogP contribution is 2.13. The molecule has 0 aromatic carbocycles. The number of nitrogens with zero attached hydrogens (tertiary/aromatic N) is 1. The molecule has 0 unspecified atom stereocenters. The number of hydrogen-bond donors (Lipinski definition) is 1. The monoisotopic (exact) mass is 208 g/mol. The van der Waals surface area contributed by atoms with Crippen LogP contribution in [-0.2, 0) is 16.0 Å². The Morgan fingerprint density at radius 2 is 2.40 bits per heavy atom. The topological polar surface area (TPSA) is 74.4 Å². The molecule has 1 fully saturated rings. The van der Waals surface area contributed by atoms with E-state index in [1.54, 1.807) is 18.3 Å². The molecule has 0 spiro atoms. The highest BCUT2D eigenvalue weighted by Gasteiger charge is 2.20. The Morgan fingerprint density at radius 1 is 1.60 bits per heavy atom. The molecule has 1 amide bonds. The van der Waals surface area contributed by atoms with Gasteiger partial charge in [0.05, 0.1) is 19.6 Å². The van der Waals surface area contributed by atoms with E-state index in [2.05, 4.69) is 4.98 Å². The van der Waals surface area contributed by atoms with E-state index in [1.807, 2.05) is 0 Å². The summed E-state index contributed by atoms with van der Waals surface area (Å²) in [7, 11) is 0. The molecule has 2 heterocycles. The SMILES string of the molecule is NC(=O)Cc1ccc(OC2COC2)nc1. The Morgan fingerprint density at radius 3 is 2.87 bits per heavy atom. The van der Waals surface area contributed by atoms with Crippen molar-refractivity contribution in [1.29, 1.82) is 0 Å². The fraction of sp³-hybridized carbons (Fsp3) is 0.400. The van der Waals surface area contributed by atoms with Crippen molar-refractivity contribution in [2.75, 3.05) is 13.2 Å². The Hall–Kier alpha value is -1.62. The van der Waals surface area contributed by atoms with Crippen molar-refractivity contribution >= 4 is 5.91 Å². The molecule has 15 heavy (non-hydrogen) atoms. The number of ether oxygens (including phenoxy) is 2. The summed E-state index contributed by atoms with van der Waals surface area (Å²) in [6, 6.07) is 3.52. The van der Waals surface area contributed by atoms with Crippen molar-refractivity contribution in [2.45, 2.75) is 12.5 Å². The summed E-state index contributed by atoms with van der Waals surface area (Å²) in [6.45, 7) is 1.23. The third kappa shape index (κ3) is 2.66. The Balaban J connectivity index is 1.93. The second-order valence-corrected chi connectivity index (χ2v) is 3.43. The van der Waals surface area contributed by atoms with Crippen LogP contribution in [0.1, 0.15) is 5.56 Å². The molecular weight excluding hydrogens is 196 g/mol. The normalized spacial score (nSPS) is 15.7. The van der Waals surface area contributed by atoms with Crippen LogP contribution < -0.4 is 10.5 Å². The molecule has 80 valence electrons. The van der Waals surface area contributed by atoms with E-state index in [0.717, 1.165) is 5.56 Å². The van der Waals surface area contributed by atoms with Gasteiger partial charge in [0.25, 0.3) is 0 Å². The van der Waals surface area contributed by atoms with Crippen molar-refractivity contribution in [3.8, 4) is 5.88 Å². The Labute approximate surface area is 87.2 Å². The maximum Gasteiger partial charge on any atom is 0.221 e. The number of hydrogen-bond acceptors (Lipinski definition) is 4. The van der Waals surface area contributed by atoms with Crippen LogP contribution in [0.5, 0.6) is 5.88 Å². The van der Waals surface area contributed by atoms with Gasteiger partial charge >= 0.3 is 0 Å². The van der Waals surface area contributed by atoms with E-state index < -0.39 is 0 Å². The fourth-order valence-electron chi connectivity index (χ4n) is 1.24. The van der Waals surface area contributed by atoms with E-state index in [4.69, 9.17) is 15.2 Å². The lowest BCUT2D eigenvalue weighted by molar-refractivity contribution is -0.117. The van der Waals surface area contributed by atoms with Crippen molar-refractivity contribution in [3.63, 3.8) is 0 Å². The van der Waals surface area contributed by atoms with E-state index in [1.165, 1.54) is 0 Å². The quantitative estimate of drug-likeness (QED) is 0.749. The molecule has 5 heteroatoms. The highest BCUT2D eigenvalue weighted by atomic mass is 16.6. The van der Waals surface area contributed by atoms with Gasteiger partial charge in [-0.15, -0.1) is 0 Å². The van der Waals surface area contributed by atoms with Gasteiger partial charge in [-0.2, -0.15) is 0 Å². The predicted molar refractivity (Wildman–Crippen MR) is 52.4 cm³/mol. The van der Waals surface area contributed by atoms with Crippen LogP contribution >= 0.6 is 0 Å². The van der Waals surface area contributed by atoms with Gasteiger partial charge in [0.2, 0.25) is 11.8 Å². The molecule has 0 atom stereocenters. The zero-order valence-corrected chi connectivity index (χ0v) is 8.18. The van der Waals surface area contributed by atoms with E-state index >= 15 is 0 Å². The van der Waals surface area contributed by atoms with Crippen LogP contribution in [0, 0.1) is 0 Å². The third-order valence-electron chi connectivity index (χ3n) is 2.07. The van der Waals surface area contributed by atoms with Gasteiger partial charge in [-0.1, -0.05) is 6.07 Å². The minimum absolute atomic E-state index is 0.111. The summed E-state index contributed by atoms with van der Waals surface area (Å²) in [4.78, 5) is 14.7. The van der Waals surface area contributed by atoms with Crippen LogP contribution in [0.2, 0.25) is 0 Å². The first-order valence-electron chi connectivity index (χ1n) is 4.71. The molecule has 5 nitrogen and oxygen atoms in total. The number of amides is 1. The molecule has 1 aromatic rings. The number of pyridine rings is 1. The summed E-state index contributed by atoms with van der Waals surface area (Å²) in [5.41, 5.74) is 5.85. The fourth-order valence-corrected chi connectivity index (χ4v) is 1.24. The first-order chi connectivity index (χ1) is 7.24. The first kappa shape index (κ1) is 9.92. The lowest BCUT2D eigenvalue weighted by Gasteiger charge is -2.25. The van der Waals surface area contributed by atoms with Gasteiger partial charge < -0.3 is 15.2 Å². The summed E-state index contributed by atoms with van der Waals surface area (Å²) >= 11 is 0. The summed E-state index contributed by atoms with van der Waals surface area (Å²) in [6.07, 6.45) is 1.92. The van der Waals surface area contributed by atoms with Crippen molar-refractivity contribution in [2.24, 2.45) is 5.73 Å². The summed E-state index contributed by atoms with van der Waals surface area (Å²) < 4.78 is 10.4. The number of carbonyl (C=O) groups excluding carboxylic acids is 1. The van der Waals surface area contributed by atoms with E-state index in [9.17, 15) is 4.79 Å². The maximum absolute atomic E-state index is 10.6. The van der Waals surface area contributed by atoms with Gasteiger partial charge in [-0.25, -0.2) is 4.98 Å². The molecule has 0 bridgehead atoms. The third-order valence-corrected chi connectivity index (χ3v) is 2.07. The molecular formula is C10H12N2O3. The van der Waals surface area contributed by atoms with Crippen LogP contribution in [0.4, 0.5) is 0 Å². The van der Waals surface area contributed by atoms with Crippen molar-refractivity contribution in [3.05, 3.63) is 23.9 Å². The second kappa shape index (κ2) is 4.27. The van der Waals surface area contributed by atoms with Crippen LogP contribution in [-0.4, -0.2) is 30.2 Å². The van der Waals surface area contributed by atoms with Crippen molar-refractivity contribution in [1.82, 2.24) is 4.98 Å². The van der Waals surface area contributed by atoms with Gasteiger partial charge in [-0.3, -0.25) is 4.79 Å². The maximum atomic E-state index is 10.6. The Bertz CT molecular complexity index is 346. The minimum Gasteiger partial charge on any atom is -0.469 e. The molecule has 0 saturated carbocycles. The predicted octanol–water partition coefficient (Wildman–Crippen LogP) is -0.113. The van der Waals surface area contributed by atoms with Gasteiger partial charge in [0, 0.05) is 12.3 Å². The smallest absolute Gasteiger partial charge is 0.221 e. The number of primary amides is 1. The van der Waals surface area contributed by atoms with Crippen LogP contribution in [0.25, 0.3) is 0 Å². The Kier molecular flexibility index (Phi) is 2.82. The van der Waals surface area contributed by atoms with Crippen LogP contribution in [0.15, 0.2) is 18.3 Å². The lowest BCUT2D eigenvalue weighted by Crippen LogP contribution is -2.38. The molecule has 0 aliphatic carbocycles. The largest absolute Gasteiger partial charge is 0.469 e. The molecule has 1 saturated heterocycles. The number of carbonyl (C=O) groups is 1. The van der Waals surface area contributed by atoms with Gasteiger partial charge in [0.15, 0.2) is 0 Å². The standard InChI is InChI=1S/C10H12N2O3/c11-9(13)3-7-1-2-10(12-4-7)15-8-5-14-6-8/h1-2,4,8H,3,5-6H2,(H2,11,13). The molecule has 0 radical (unpaired) electrons. The van der Waals surface area contributed by atoms with Gasteiger partial charge in [-0.05, 0) is 5.56 Å². The zero-order chi connectivity index (χ0) is 10.7. The minimum atomic E-state index is -0.363. The van der Waals surface area contributed by atoms with E-state index in [-0.39, 0.29) is 18.4 Å².